The molecule has 7 nitrogen and oxygen atoms in total. The lowest BCUT2D eigenvalue weighted by Gasteiger charge is -2.35. The summed E-state index contributed by atoms with van der Waals surface area (Å²) in [5.41, 5.74) is 2.26. The van der Waals surface area contributed by atoms with Gasteiger partial charge in [0.2, 0.25) is 5.91 Å². The number of hydrogen-bond acceptors (Lipinski definition) is 4. The Balaban J connectivity index is 1.49. The minimum atomic E-state index is -0.943. The number of carbonyl (C=O) groups is 3. The molecule has 0 bridgehead atoms. The van der Waals surface area contributed by atoms with E-state index in [1.807, 2.05) is 30.3 Å². The average Bonchev–Trinajstić information content (AvgIpc) is 2.73. The molecule has 1 N–H and O–H groups in total. The van der Waals surface area contributed by atoms with Gasteiger partial charge in [-0.25, -0.2) is 0 Å². The van der Waals surface area contributed by atoms with Gasteiger partial charge < -0.3 is 19.6 Å². The van der Waals surface area contributed by atoms with E-state index in [4.69, 9.17) is 4.74 Å². The van der Waals surface area contributed by atoms with Gasteiger partial charge in [-0.15, -0.1) is 0 Å². The third-order valence-electron chi connectivity index (χ3n) is 5.47. The molecule has 2 aromatic carbocycles. The van der Waals surface area contributed by atoms with Crippen LogP contribution in [0.3, 0.4) is 0 Å². The van der Waals surface area contributed by atoms with Crippen LogP contribution in [0.2, 0.25) is 0 Å². The Morgan fingerprint density at radius 2 is 1.86 bits per heavy atom. The molecule has 0 spiro atoms. The predicted molar refractivity (Wildman–Crippen MR) is 106 cm³/mol. The van der Waals surface area contributed by atoms with Crippen LogP contribution in [-0.2, 0) is 20.9 Å². The van der Waals surface area contributed by atoms with E-state index in [-0.39, 0.29) is 31.3 Å². The van der Waals surface area contributed by atoms with Crippen molar-refractivity contribution in [1.29, 1.82) is 0 Å². The molecule has 29 heavy (non-hydrogen) atoms. The molecule has 2 atom stereocenters. The molecule has 0 aromatic heterocycles. The molecule has 2 aliphatic heterocycles. The monoisotopic (exact) mass is 394 g/mol. The third kappa shape index (κ3) is 3.55. The number of para-hydroxylation sites is 2. The van der Waals surface area contributed by atoms with Crippen molar-refractivity contribution >= 4 is 23.5 Å². The van der Waals surface area contributed by atoms with E-state index in [1.165, 1.54) is 0 Å². The summed E-state index contributed by atoms with van der Waals surface area (Å²) in [6, 6.07) is 14.6. The van der Waals surface area contributed by atoms with Gasteiger partial charge in [-0.2, -0.15) is 0 Å². The molecule has 2 aromatic rings. The van der Waals surface area contributed by atoms with Gasteiger partial charge in [0, 0.05) is 26.1 Å². The van der Waals surface area contributed by atoms with E-state index in [0.717, 1.165) is 11.1 Å². The molecule has 150 valence electrons. The SMILES string of the molecule is CC1Oc2ccccc2N(CCC(=O)N2Cc3ccccc3C(C(=O)O)C2)C1=O. The zero-order chi connectivity index (χ0) is 20.5. The summed E-state index contributed by atoms with van der Waals surface area (Å²) in [6.07, 6.45) is -0.500. The summed E-state index contributed by atoms with van der Waals surface area (Å²) in [5, 5.41) is 9.59. The fourth-order valence-corrected chi connectivity index (χ4v) is 3.96. The van der Waals surface area contributed by atoms with Crippen LogP contribution >= 0.6 is 0 Å². The second kappa shape index (κ2) is 7.58. The minimum Gasteiger partial charge on any atom is -0.481 e. The molecule has 2 unspecified atom stereocenters. The van der Waals surface area contributed by atoms with E-state index >= 15 is 0 Å². The number of carbonyl (C=O) groups excluding carboxylic acids is 2. The van der Waals surface area contributed by atoms with Gasteiger partial charge in [0.15, 0.2) is 6.10 Å². The van der Waals surface area contributed by atoms with Crippen LogP contribution in [0.15, 0.2) is 48.5 Å². The molecule has 2 aliphatic rings. The quantitative estimate of drug-likeness (QED) is 0.861. The summed E-state index contributed by atoms with van der Waals surface area (Å²) < 4.78 is 5.63. The molecule has 0 fully saturated rings. The highest BCUT2D eigenvalue weighted by atomic mass is 16.5. The lowest BCUT2D eigenvalue weighted by molar-refractivity contribution is -0.141. The first-order valence-electron chi connectivity index (χ1n) is 9.61. The molecular formula is C22H22N2O5. The Morgan fingerprint density at radius 3 is 2.66 bits per heavy atom. The number of hydrogen-bond donors (Lipinski definition) is 1. The van der Waals surface area contributed by atoms with Crippen molar-refractivity contribution in [3.63, 3.8) is 0 Å². The highest BCUT2D eigenvalue weighted by molar-refractivity contribution is 6.00. The van der Waals surface area contributed by atoms with Crippen LogP contribution in [0, 0.1) is 0 Å². The number of benzene rings is 2. The summed E-state index contributed by atoms with van der Waals surface area (Å²) in [6.45, 7) is 2.42. The number of anilines is 1. The normalized spacial score (nSPS) is 20.5. The summed E-state index contributed by atoms with van der Waals surface area (Å²) in [5.74, 6) is -1.43. The van der Waals surface area contributed by atoms with Crippen molar-refractivity contribution in [2.24, 2.45) is 0 Å². The summed E-state index contributed by atoms with van der Waals surface area (Å²) >= 11 is 0. The van der Waals surface area contributed by atoms with Gasteiger partial charge in [-0.05, 0) is 30.2 Å². The largest absolute Gasteiger partial charge is 0.481 e. The Hall–Kier alpha value is -3.35. The zero-order valence-electron chi connectivity index (χ0n) is 16.1. The highest BCUT2D eigenvalue weighted by Crippen LogP contribution is 2.34. The van der Waals surface area contributed by atoms with Gasteiger partial charge in [-0.1, -0.05) is 36.4 Å². The Kier molecular flexibility index (Phi) is 4.96. The van der Waals surface area contributed by atoms with Gasteiger partial charge >= 0.3 is 5.97 Å². The number of carboxylic acids is 1. The molecular weight excluding hydrogens is 372 g/mol. The number of carboxylic acid groups (broad SMARTS) is 1. The standard InChI is InChI=1S/C22H22N2O5/c1-14-21(26)24(18-8-4-5-9-19(18)29-14)11-10-20(25)23-12-15-6-2-3-7-16(15)17(13-23)22(27)28/h2-9,14,17H,10-13H2,1H3,(H,27,28). The van der Waals surface area contributed by atoms with E-state index in [9.17, 15) is 19.5 Å². The van der Waals surface area contributed by atoms with Crippen molar-refractivity contribution in [2.75, 3.05) is 18.0 Å². The smallest absolute Gasteiger partial charge is 0.312 e. The lowest BCUT2D eigenvalue weighted by atomic mass is 9.89. The molecule has 0 aliphatic carbocycles. The lowest BCUT2D eigenvalue weighted by Crippen LogP contribution is -2.47. The highest BCUT2D eigenvalue weighted by Gasteiger charge is 2.34. The van der Waals surface area contributed by atoms with E-state index < -0.39 is 18.0 Å². The first-order chi connectivity index (χ1) is 14.0. The van der Waals surface area contributed by atoms with Gasteiger partial charge in [0.25, 0.3) is 5.91 Å². The van der Waals surface area contributed by atoms with Crippen molar-refractivity contribution < 1.29 is 24.2 Å². The van der Waals surface area contributed by atoms with E-state index in [0.29, 0.717) is 18.0 Å². The predicted octanol–water partition coefficient (Wildman–Crippen LogP) is 2.40. The maximum absolute atomic E-state index is 12.9. The second-order valence-electron chi connectivity index (χ2n) is 7.33. The number of nitrogens with zero attached hydrogens (tertiary/aromatic N) is 2. The number of amides is 2. The second-order valence-corrected chi connectivity index (χ2v) is 7.33. The number of rotatable bonds is 4. The molecule has 0 radical (unpaired) electrons. The van der Waals surface area contributed by atoms with Gasteiger partial charge in [0.05, 0.1) is 11.6 Å². The van der Waals surface area contributed by atoms with Crippen LogP contribution in [0.1, 0.15) is 30.4 Å². The molecule has 2 heterocycles. The van der Waals surface area contributed by atoms with Crippen LogP contribution in [0.5, 0.6) is 5.75 Å². The number of fused-ring (bicyclic) bond motifs is 2. The van der Waals surface area contributed by atoms with E-state index in [2.05, 4.69) is 0 Å². The summed E-state index contributed by atoms with van der Waals surface area (Å²) in [4.78, 5) is 40.3. The Bertz CT molecular complexity index is 973. The van der Waals surface area contributed by atoms with E-state index in [1.54, 1.807) is 34.9 Å². The molecule has 7 heteroatoms. The minimum absolute atomic E-state index is 0.112. The van der Waals surface area contributed by atoms with Crippen LogP contribution < -0.4 is 9.64 Å². The van der Waals surface area contributed by atoms with Crippen LogP contribution in [-0.4, -0.2) is 47.0 Å². The van der Waals surface area contributed by atoms with Crippen molar-refractivity contribution in [3.8, 4) is 5.75 Å². The zero-order valence-corrected chi connectivity index (χ0v) is 16.1. The molecule has 0 saturated carbocycles. The first-order valence-corrected chi connectivity index (χ1v) is 9.61. The molecule has 2 amide bonds. The van der Waals surface area contributed by atoms with Crippen LogP contribution in [0.4, 0.5) is 5.69 Å². The van der Waals surface area contributed by atoms with Gasteiger partial charge in [-0.3, -0.25) is 14.4 Å². The Labute approximate surface area is 168 Å². The molecule has 0 saturated heterocycles. The maximum Gasteiger partial charge on any atom is 0.312 e. The third-order valence-corrected chi connectivity index (χ3v) is 5.47. The Morgan fingerprint density at radius 1 is 1.14 bits per heavy atom. The number of ether oxygens (including phenoxy) is 1. The summed E-state index contributed by atoms with van der Waals surface area (Å²) in [7, 11) is 0. The maximum atomic E-state index is 12.9. The van der Waals surface area contributed by atoms with Crippen molar-refractivity contribution in [2.45, 2.75) is 31.9 Å². The fourth-order valence-electron chi connectivity index (χ4n) is 3.96. The first kappa shape index (κ1) is 19.0. The number of aliphatic carboxylic acids is 1. The van der Waals surface area contributed by atoms with Crippen molar-refractivity contribution in [3.05, 3.63) is 59.7 Å². The van der Waals surface area contributed by atoms with Crippen molar-refractivity contribution in [1.82, 2.24) is 4.90 Å². The fraction of sp³-hybridized carbons (Fsp3) is 0.318. The topological polar surface area (TPSA) is 87.2 Å². The average molecular weight is 394 g/mol. The van der Waals surface area contributed by atoms with Crippen LogP contribution in [0.25, 0.3) is 0 Å². The molecule has 4 rings (SSSR count). The van der Waals surface area contributed by atoms with Gasteiger partial charge in [0.1, 0.15) is 5.75 Å².